The first-order valence-corrected chi connectivity index (χ1v) is 8.88. The molecule has 0 amide bonds. The highest BCUT2D eigenvalue weighted by Crippen LogP contribution is 2.25. The fourth-order valence-corrected chi connectivity index (χ4v) is 3.80. The second-order valence-corrected chi connectivity index (χ2v) is 6.87. The van der Waals surface area contributed by atoms with Crippen LogP contribution >= 0.6 is 0 Å². The Kier molecular flexibility index (Phi) is 5.05. The highest BCUT2D eigenvalue weighted by atomic mass is 16.1. The van der Waals surface area contributed by atoms with E-state index < -0.39 is 0 Å². The molecule has 130 valence electrons. The first-order valence-electron chi connectivity index (χ1n) is 8.88. The van der Waals surface area contributed by atoms with Gasteiger partial charge in [-0.3, -0.25) is 9.69 Å². The van der Waals surface area contributed by atoms with Gasteiger partial charge >= 0.3 is 0 Å². The Bertz CT molecular complexity index is 847. The third kappa shape index (κ3) is 3.24. The molecule has 3 nitrogen and oxygen atoms in total. The Morgan fingerprint density at radius 3 is 2.48 bits per heavy atom. The third-order valence-electron chi connectivity index (χ3n) is 4.90. The van der Waals surface area contributed by atoms with E-state index in [1.165, 1.54) is 5.56 Å². The van der Waals surface area contributed by atoms with Crippen molar-refractivity contribution in [3.8, 4) is 0 Å². The van der Waals surface area contributed by atoms with Gasteiger partial charge in [0.05, 0.1) is 5.69 Å². The van der Waals surface area contributed by atoms with Crippen LogP contribution in [0.4, 0.5) is 0 Å². The second kappa shape index (κ2) is 7.24. The van der Waals surface area contributed by atoms with E-state index in [1.54, 1.807) is 12.2 Å². The Balaban J connectivity index is 2.04. The molecule has 0 radical (unpaired) electrons. The van der Waals surface area contributed by atoms with Crippen molar-refractivity contribution in [2.24, 2.45) is 0 Å². The summed E-state index contributed by atoms with van der Waals surface area (Å²) in [7, 11) is 0. The molecule has 1 aromatic carbocycles. The number of fused-ring (bicyclic) bond motifs is 1. The van der Waals surface area contributed by atoms with Crippen LogP contribution in [0.5, 0.6) is 0 Å². The van der Waals surface area contributed by atoms with Crippen LogP contribution < -0.4 is 5.43 Å². The minimum absolute atomic E-state index is 0.106. The molecule has 0 N–H and O–H groups in total. The maximum Gasteiger partial charge on any atom is 0.194 e. The van der Waals surface area contributed by atoms with Gasteiger partial charge in [0.2, 0.25) is 0 Å². The van der Waals surface area contributed by atoms with Crippen LogP contribution in [0.15, 0.2) is 48.3 Å². The Morgan fingerprint density at radius 1 is 1.16 bits per heavy atom. The van der Waals surface area contributed by atoms with Gasteiger partial charge in [0.15, 0.2) is 5.43 Å². The van der Waals surface area contributed by atoms with E-state index in [-0.39, 0.29) is 11.5 Å². The standard InChI is InChI=1S/C22H26N2O/c1-5-18-20(6-2)24(16(3)4)21-12-13-23(15-19(21)22(18)25)14-17-10-8-7-9-11-17/h5-11,16H,1-2,12-15H2,3-4H3. The molecule has 0 bridgehead atoms. The number of aromatic nitrogens is 1. The van der Waals surface area contributed by atoms with E-state index in [9.17, 15) is 4.79 Å². The van der Waals surface area contributed by atoms with Gasteiger partial charge in [-0.25, -0.2) is 0 Å². The average Bonchev–Trinajstić information content (AvgIpc) is 2.62. The molecule has 25 heavy (non-hydrogen) atoms. The largest absolute Gasteiger partial charge is 0.342 e. The van der Waals surface area contributed by atoms with Crippen LogP contribution in [-0.4, -0.2) is 16.0 Å². The molecule has 0 unspecified atom stereocenters. The van der Waals surface area contributed by atoms with Crippen LogP contribution in [0.2, 0.25) is 0 Å². The molecule has 0 aliphatic carbocycles. The number of hydrogen-bond acceptors (Lipinski definition) is 2. The van der Waals surface area contributed by atoms with Crippen LogP contribution in [0, 0.1) is 0 Å². The second-order valence-electron chi connectivity index (χ2n) is 6.87. The number of nitrogens with zero attached hydrogens (tertiary/aromatic N) is 2. The molecule has 1 aliphatic rings. The smallest absolute Gasteiger partial charge is 0.194 e. The Morgan fingerprint density at radius 2 is 1.88 bits per heavy atom. The molecule has 3 rings (SSSR count). The Hall–Kier alpha value is -2.39. The summed E-state index contributed by atoms with van der Waals surface area (Å²) in [6.45, 7) is 14.6. The zero-order chi connectivity index (χ0) is 18.0. The van der Waals surface area contributed by atoms with Crippen LogP contribution in [0.3, 0.4) is 0 Å². The topological polar surface area (TPSA) is 25.2 Å². The van der Waals surface area contributed by atoms with Crippen molar-refractivity contribution in [3.05, 3.63) is 81.8 Å². The number of rotatable bonds is 5. The normalized spacial score (nSPS) is 14.4. The first kappa shape index (κ1) is 17.4. The highest BCUT2D eigenvalue weighted by molar-refractivity contribution is 5.62. The number of benzene rings is 1. The Labute approximate surface area is 149 Å². The maximum absolute atomic E-state index is 13.0. The molecule has 0 spiro atoms. The van der Waals surface area contributed by atoms with Crippen molar-refractivity contribution < 1.29 is 0 Å². The summed E-state index contributed by atoms with van der Waals surface area (Å²) in [5, 5.41) is 0. The van der Waals surface area contributed by atoms with Crippen molar-refractivity contribution in [3.63, 3.8) is 0 Å². The van der Waals surface area contributed by atoms with Crippen molar-refractivity contribution >= 4 is 12.2 Å². The summed E-state index contributed by atoms with van der Waals surface area (Å²) >= 11 is 0. The summed E-state index contributed by atoms with van der Waals surface area (Å²) in [6, 6.07) is 10.7. The fourth-order valence-electron chi connectivity index (χ4n) is 3.80. The quantitative estimate of drug-likeness (QED) is 0.816. The van der Waals surface area contributed by atoms with Crippen LogP contribution in [0.1, 0.15) is 48.0 Å². The lowest BCUT2D eigenvalue weighted by Gasteiger charge is -2.33. The summed E-state index contributed by atoms with van der Waals surface area (Å²) in [4.78, 5) is 15.4. The van der Waals surface area contributed by atoms with Crippen LogP contribution in [-0.2, 0) is 19.5 Å². The monoisotopic (exact) mass is 334 g/mol. The van der Waals surface area contributed by atoms with Gasteiger partial charge in [-0.05, 0) is 25.5 Å². The highest BCUT2D eigenvalue weighted by Gasteiger charge is 2.25. The molecule has 0 saturated carbocycles. The summed E-state index contributed by atoms with van der Waals surface area (Å²) in [5.41, 5.74) is 5.02. The lowest BCUT2D eigenvalue weighted by molar-refractivity contribution is 0.238. The summed E-state index contributed by atoms with van der Waals surface area (Å²) < 4.78 is 2.26. The molecule has 2 aromatic rings. The molecule has 2 heterocycles. The van der Waals surface area contributed by atoms with Gasteiger partial charge < -0.3 is 4.57 Å². The average molecular weight is 334 g/mol. The first-order chi connectivity index (χ1) is 12.1. The van der Waals surface area contributed by atoms with E-state index in [0.29, 0.717) is 12.1 Å². The SMILES string of the molecule is C=Cc1c(C=C)n(C(C)C)c2c(c1=O)CN(Cc1ccccc1)CC2. The van der Waals surface area contributed by atoms with Crippen molar-refractivity contribution in [1.29, 1.82) is 0 Å². The van der Waals surface area contributed by atoms with Crippen LogP contribution in [0.25, 0.3) is 12.2 Å². The van der Waals surface area contributed by atoms with Gasteiger partial charge in [0, 0.05) is 48.9 Å². The maximum atomic E-state index is 13.0. The number of hydrogen-bond donors (Lipinski definition) is 0. The van der Waals surface area contributed by atoms with Crippen molar-refractivity contribution in [2.75, 3.05) is 6.54 Å². The zero-order valence-electron chi connectivity index (χ0n) is 15.2. The van der Waals surface area contributed by atoms with E-state index in [1.807, 2.05) is 6.07 Å². The van der Waals surface area contributed by atoms with E-state index >= 15 is 0 Å². The van der Waals surface area contributed by atoms with Gasteiger partial charge in [-0.2, -0.15) is 0 Å². The van der Waals surface area contributed by atoms with Crippen molar-refractivity contribution in [2.45, 2.75) is 39.4 Å². The molecular formula is C22H26N2O. The minimum Gasteiger partial charge on any atom is -0.342 e. The lowest BCUT2D eigenvalue weighted by atomic mass is 9.98. The minimum atomic E-state index is 0.106. The fraction of sp³-hybridized carbons (Fsp3) is 0.318. The molecule has 3 heteroatoms. The molecule has 0 fully saturated rings. The lowest BCUT2D eigenvalue weighted by Crippen LogP contribution is -2.37. The van der Waals surface area contributed by atoms with Gasteiger partial charge in [0.25, 0.3) is 0 Å². The molecule has 0 atom stereocenters. The zero-order valence-corrected chi connectivity index (χ0v) is 15.2. The summed E-state index contributed by atoms with van der Waals surface area (Å²) in [5.74, 6) is 0. The predicted molar refractivity (Wildman–Crippen MR) is 106 cm³/mol. The molecule has 1 aromatic heterocycles. The molecular weight excluding hydrogens is 308 g/mol. The number of pyridine rings is 1. The summed E-state index contributed by atoms with van der Waals surface area (Å²) in [6.07, 6.45) is 4.34. The van der Waals surface area contributed by atoms with Gasteiger partial charge in [-0.15, -0.1) is 0 Å². The predicted octanol–water partition coefficient (Wildman–Crippen LogP) is 4.27. The molecule has 1 aliphatic heterocycles. The van der Waals surface area contributed by atoms with E-state index in [4.69, 9.17) is 0 Å². The third-order valence-corrected chi connectivity index (χ3v) is 4.90. The van der Waals surface area contributed by atoms with Gasteiger partial charge in [0.1, 0.15) is 0 Å². The van der Waals surface area contributed by atoms with Crippen molar-refractivity contribution in [1.82, 2.24) is 9.47 Å². The van der Waals surface area contributed by atoms with Gasteiger partial charge in [-0.1, -0.05) is 49.6 Å². The van der Waals surface area contributed by atoms with E-state index in [2.05, 4.69) is 60.7 Å². The van der Waals surface area contributed by atoms with E-state index in [0.717, 1.165) is 36.5 Å². The molecule has 0 saturated heterocycles.